The van der Waals surface area contributed by atoms with Crippen LogP contribution in [0.1, 0.15) is 34.1 Å². The van der Waals surface area contributed by atoms with Crippen LogP contribution in [0.5, 0.6) is 0 Å². The number of hydrogen-bond acceptors (Lipinski definition) is 3. The summed E-state index contributed by atoms with van der Waals surface area (Å²) in [4.78, 5) is 22.4. The standard InChI is InChI=1S/C11H21NO4/c1-7(2)8(6-13)12-9(14)5-11(3,4)10(15)16/h7-8,13H,5-6H2,1-4H3,(H,12,14)(H,15,16). The van der Waals surface area contributed by atoms with Crippen molar-refractivity contribution in [3.05, 3.63) is 0 Å². The first-order valence-electron chi connectivity index (χ1n) is 5.34. The molecule has 1 unspecified atom stereocenters. The predicted octanol–water partition coefficient (Wildman–Crippen LogP) is 0.620. The molecule has 5 nitrogen and oxygen atoms in total. The first-order valence-corrected chi connectivity index (χ1v) is 5.34. The molecule has 94 valence electrons. The quantitative estimate of drug-likeness (QED) is 0.625. The maximum absolute atomic E-state index is 11.6. The highest BCUT2D eigenvalue weighted by molar-refractivity contribution is 5.84. The van der Waals surface area contributed by atoms with E-state index in [0.29, 0.717) is 0 Å². The first-order chi connectivity index (χ1) is 7.20. The summed E-state index contributed by atoms with van der Waals surface area (Å²) < 4.78 is 0. The Hall–Kier alpha value is -1.10. The predicted molar refractivity (Wildman–Crippen MR) is 59.9 cm³/mol. The molecule has 0 aromatic carbocycles. The van der Waals surface area contributed by atoms with E-state index < -0.39 is 11.4 Å². The van der Waals surface area contributed by atoms with Crippen molar-refractivity contribution in [2.45, 2.75) is 40.2 Å². The van der Waals surface area contributed by atoms with Gasteiger partial charge in [-0.25, -0.2) is 0 Å². The van der Waals surface area contributed by atoms with Gasteiger partial charge < -0.3 is 15.5 Å². The van der Waals surface area contributed by atoms with Gasteiger partial charge in [0.25, 0.3) is 0 Å². The summed E-state index contributed by atoms with van der Waals surface area (Å²) in [6.07, 6.45) is -0.0917. The van der Waals surface area contributed by atoms with E-state index in [2.05, 4.69) is 5.32 Å². The van der Waals surface area contributed by atoms with E-state index in [0.717, 1.165) is 0 Å². The number of carbonyl (C=O) groups excluding carboxylic acids is 1. The van der Waals surface area contributed by atoms with Crippen LogP contribution >= 0.6 is 0 Å². The van der Waals surface area contributed by atoms with Crippen molar-refractivity contribution in [3.63, 3.8) is 0 Å². The fourth-order valence-electron chi connectivity index (χ4n) is 1.16. The normalized spacial score (nSPS) is 13.6. The Morgan fingerprint density at radius 3 is 2.12 bits per heavy atom. The summed E-state index contributed by atoms with van der Waals surface area (Å²) in [5.41, 5.74) is -1.08. The molecule has 0 aliphatic carbocycles. The molecule has 1 amide bonds. The maximum atomic E-state index is 11.6. The summed E-state index contributed by atoms with van der Waals surface area (Å²) in [5, 5.41) is 20.5. The highest BCUT2D eigenvalue weighted by Crippen LogP contribution is 2.20. The number of carboxylic acids is 1. The molecule has 0 fully saturated rings. The van der Waals surface area contributed by atoms with Crippen molar-refractivity contribution < 1.29 is 19.8 Å². The van der Waals surface area contributed by atoms with E-state index in [1.54, 1.807) is 0 Å². The van der Waals surface area contributed by atoms with Gasteiger partial charge in [-0.2, -0.15) is 0 Å². The number of aliphatic carboxylic acids is 1. The molecular weight excluding hydrogens is 210 g/mol. The van der Waals surface area contributed by atoms with Gasteiger partial charge in [0.1, 0.15) is 0 Å². The van der Waals surface area contributed by atoms with E-state index >= 15 is 0 Å². The van der Waals surface area contributed by atoms with Crippen molar-refractivity contribution in [2.24, 2.45) is 11.3 Å². The number of rotatable bonds is 6. The van der Waals surface area contributed by atoms with Crippen LogP contribution in [-0.4, -0.2) is 34.7 Å². The molecule has 0 bridgehead atoms. The first kappa shape index (κ1) is 14.9. The van der Waals surface area contributed by atoms with Gasteiger partial charge in [0.2, 0.25) is 5.91 Å². The van der Waals surface area contributed by atoms with Crippen molar-refractivity contribution in [3.8, 4) is 0 Å². The van der Waals surface area contributed by atoms with Crippen LogP contribution in [0.2, 0.25) is 0 Å². The monoisotopic (exact) mass is 231 g/mol. The fourth-order valence-corrected chi connectivity index (χ4v) is 1.16. The molecule has 3 N–H and O–H groups in total. The molecule has 0 rings (SSSR count). The van der Waals surface area contributed by atoms with Gasteiger partial charge in [-0.3, -0.25) is 9.59 Å². The molecule has 0 saturated carbocycles. The Morgan fingerprint density at radius 2 is 1.81 bits per heavy atom. The lowest BCUT2D eigenvalue weighted by atomic mass is 9.89. The van der Waals surface area contributed by atoms with E-state index in [1.165, 1.54) is 13.8 Å². The Balaban J connectivity index is 4.33. The number of amides is 1. The Morgan fingerprint density at radius 1 is 1.31 bits per heavy atom. The maximum Gasteiger partial charge on any atom is 0.309 e. The lowest BCUT2D eigenvalue weighted by Gasteiger charge is -2.23. The van der Waals surface area contributed by atoms with Crippen LogP contribution in [0.4, 0.5) is 0 Å². The highest BCUT2D eigenvalue weighted by Gasteiger charge is 2.31. The van der Waals surface area contributed by atoms with Crippen molar-refractivity contribution in [2.75, 3.05) is 6.61 Å². The van der Waals surface area contributed by atoms with Crippen LogP contribution in [0.25, 0.3) is 0 Å². The summed E-state index contributed by atoms with van der Waals surface area (Å²) in [6, 6.07) is -0.322. The Kier molecular flexibility index (Phi) is 5.44. The van der Waals surface area contributed by atoms with Gasteiger partial charge in [-0.15, -0.1) is 0 Å². The van der Waals surface area contributed by atoms with Gasteiger partial charge in [0, 0.05) is 6.42 Å². The lowest BCUT2D eigenvalue weighted by molar-refractivity contribution is -0.149. The minimum Gasteiger partial charge on any atom is -0.481 e. The second kappa shape index (κ2) is 5.84. The number of aliphatic hydroxyl groups excluding tert-OH is 1. The molecule has 0 aromatic heterocycles. The minimum atomic E-state index is -1.08. The van der Waals surface area contributed by atoms with Gasteiger partial charge in [-0.1, -0.05) is 13.8 Å². The fraction of sp³-hybridized carbons (Fsp3) is 0.818. The second-order valence-corrected chi connectivity index (χ2v) is 4.97. The zero-order valence-corrected chi connectivity index (χ0v) is 10.3. The SMILES string of the molecule is CC(C)C(CO)NC(=O)CC(C)(C)C(=O)O. The zero-order valence-electron chi connectivity index (χ0n) is 10.3. The van der Waals surface area contributed by atoms with Crippen LogP contribution in [0.3, 0.4) is 0 Å². The number of hydrogen-bond donors (Lipinski definition) is 3. The lowest BCUT2D eigenvalue weighted by Crippen LogP contribution is -2.43. The van der Waals surface area contributed by atoms with Crippen molar-refractivity contribution in [1.82, 2.24) is 5.32 Å². The van der Waals surface area contributed by atoms with Gasteiger partial charge >= 0.3 is 5.97 Å². The van der Waals surface area contributed by atoms with Gasteiger partial charge in [-0.05, 0) is 19.8 Å². The van der Waals surface area contributed by atoms with Crippen LogP contribution < -0.4 is 5.32 Å². The van der Waals surface area contributed by atoms with E-state index in [9.17, 15) is 9.59 Å². The van der Waals surface area contributed by atoms with Gasteiger partial charge in [0.05, 0.1) is 18.1 Å². The summed E-state index contributed by atoms with van der Waals surface area (Å²) in [6.45, 7) is 6.61. The van der Waals surface area contributed by atoms with Crippen LogP contribution in [-0.2, 0) is 9.59 Å². The van der Waals surface area contributed by atoms with E-state index in [4.69, 9.17) is 10.2 Å². The van der Waals surface area contributed by atoms with E-state index in [-0.39, 0.29) is 30.9 Å². The third-order valence-electron chi connectivity index (χ3n) is 2.53. The molecule has 0 saturated heterocycles. The molecule has 16 heavy (non-hydrogen) atoms. The number of nitrogens with one attached hydrogen (secondary N) is 1. The highest BCUT2D eigenvalue weighted by atomic mass is 16.4. The molecule has 5 heteroatoms. The Bertz CT molecular complexity index is 261. The molecule has 0 spiro atoms. The largest absolute Gasteiger partial charge is 0.481 e. The summed E-state index contributed by atoms with van der Waals surface area (Å²) in [5.74, 6) is -1.24. The third kappa shape index (κ3) is 4.61. The molecule has 0 radical (unpaired) electrons. The molecule has 0 aliphatic heterocycles. The molecule has 1 atom stereocenters. The van der Waals surface area contributed by atoms with Crippen molar-refractivity contribution in [1.29, 1.82) is 0 Å². The van der Waals surface area contributed by atoms with Crippen molar-refractivity contribution >= 4 is 11.9 Å². The van der Waals surface area contributed by atoms with E-state index in [1.807, 2.05) is 13.8 Å². The molecule has 0 aromatic rings. The third-order valence-corrected chi connectivity index (χ3v) is 2.53. The number of aliphatic hydroxyl groups is 1. The number of carboxylic acid groups (broad SMARTS) is 1. The van der Waals surface area contributed by atoms with Crippen LogP contribution in [0, 0.1) is 11.3 Å². The second-order valence-electron chi connectivity index (χ2n) is 4.97. The molecule has 0 heterocycles. The van der Waals surface area contributed by atoms with Crippen LogP contribution in [0.15, 0.2) is 0 Å². The van der Waals surface area contributed by atoms with Gasteiger partial charge in [0.15, 0.2) is 0 Å². The minimum absolute atomic E-state index is 0.0917. The average Bonchev–Trinajstić information content (AvgIpc) is 2.12. The molecule has 0 aliphatic rings. The summed E-state index contributed by atoms with van der Waals surface area (Å²) in [7, 11) is 0. The topological polar surface area (TPSA) is 86.6 Å². The zero-order chi connectivity index (χ0) is 12.9. The smallest absolute Gasteiger partial charge is 0.309 e. The molecular formula is C11H21NO4. The average molecular weight is 231 g/mol. The summed E-state index contributed by atoms with van der Waals surface area (Å²) >= 11 is 0. The Labute approximate surface area is 95.9 Å². The number of carbonyl (C=O) groups is 2.